The molecule has 0 aliphatic rings. The second kappa shape index (κ2) is 34.2. The smallest absolute Gasteiger partial charge is 0.306 e. The van der Waals surface area contributed by atoms with E-state index in [-0.39, 0.29) is 26.1 Å². The number of unbranched alkanes of at least 4 members (excludes halogenated alkanes) is 1. The van der Waals surface area contributed by atoms with Gasteiger partial charge < -0.3 is 27.9 Å². The molecule has 0 amide bonds. The van der Waals surface area contributed by atoms with Gasteiger partial charge in [0.1, 0.15) is 19.8 Å². The Morgan fingerprint density at radius 2 is 1.11 bits per heavy atom. The van der Waals surface area contributed by atoms with Crippen LogP contribution in [0.4, 0.5) is 0 Å². The topological polar surface area (TPSA) is 111 Å². The molecule has 9 nitrogen and oxygen atoms in total. The van der Waals surface area contributed by atoms with E-state index >= 15 is 0 Å². The SMILES string of the molecule is CC/C=C/C=C/C=C/C=C/C=C/CCCC(=O)OC(COC(=O)CC/C=C/C/C=C/C/C=C/C/C=C/C/C=C/CC)COP(=O)([O-])OCC[N+](C)(C)C. The standard InChI is InChI=1S/C43H66NO8P/c1-6-8-10-12-14-16-18-20-21-22-24-25-27-29-31-33-35-42(45)49-39-41(40-51-53(47,48)50-38-37-44(3,4)5)52-43(46)36-34-32-30-28-26-23-19-17-15-13-11-9-7-2/h8-11,13-17,19-21,23-26,28-31,41H,6-7,12,18,22,27,32-40H2,1-5H3/b10-8+,11-9+,15-13+,16-14+,19-17+,21-20+,25-24+,26-23+,30-28+,31-29+. The third-order valence-corrected chi connectivity index (χ3v) is 7.83. The first-order chi connectivity index (χ1) is 25.5. The molecule has 0 aromatic rings. The van der Waals surface area contributed by atoms with Gasteiger partial charge in [-0.15, -0.1) is 0 Å². The summed E-state index contributed by atoms with van der Waals surface area (Å²) < 4.78 is 33.5. The summed E-state index contributed by atoms with van der Waals surface area (Å²) in [7, 11) is 1.05. The molecule has 0 N–H and O–H groups in total. The molecule has 0 aromatic carbocycles. The molecular formula is C43H66NO8P. The predicted molar refractivity (Wildman–Crippen MR) is 217 cm³/mol. The van der Waals surface area contributed by atoms with Gasteiger partial charge in [0.25, 0.3) is 7.82 Å². The fraction of sp³-hybridized carbons (Fsp3) is 0.488. The number of nitrogens with zero attached hydrogens (tertiary/aromatic N) is 1. The lowest BCUT2D eigenvalue weighted by Gasteiger charge is -2.28. The lowest BCUT2D eigenvalue weighted by atomic mass is 10.2. The number of likely N-dealkylation sites (N-methyl/N-ethyl adjacent to an activating group) is 1. The molecule has 0 saturated carbocycles. The van der Waals surface area contributed by atoms with E-state index in [2.05, 4.69) is 68.5 Å². The third-order valence-electron chi connectivity index (χ3n) is 6.87. The number of hydrogen-bond donors (Lipinski definition) is 0. The summed E-state index contributed by atoms with van der Waals surface area (Å²) in [5, 5.41) is 0. The van der Waals surface area contributed by atoms with Crippen LogP contribution in [0, 0.1) is 0 Å². The van der Waals surface area contributed by atoms with Gasteiger partial charge in [0.2, 0.25) is 0 Å². The average molecular weight is 756 g/mol. The van der Waals surface area contributed by atoms with Crippen molar-refractivity contribution in [2.75, 3.05) is 47.5 Å². The quantitative estimate of drug-likeness (QED) is 0.0172. The van der Waals surface area contributed by atoms with Gasteiger partial charge in [0, 0.05) is 12.8 Å². The van der Waals surface area contributed by atoms with Crippen LogP contribution in [0.1, 0.15) is 84.5 Å². The molecule has 0 bridgehead atoms. The van der Waals surface area contributed by atoms with Gasteiger partial charge in [-0.2, -0.15) is 0 Å². The van der Waals surface area contributed by atoms with Crippen molar-refractivity contribution in [2.24, 2.45) is 0 Å². The zero-order valence-electron chi connectivity index (χ0n) is 32.9. The molecular weight excluding hydrogens is 689 g/mol. The number of allylic oxidation sites excluding steroid dienone is 20. The highest BCUT2D eigenvalue weighted by atomic mass is 31.2. The van der Waals surface area contributed by atoms with Crippen LogP contribution in [-0.2, 0) is 32.7 Å². The minimum absolute atomic E-state index is 0.0633. The number of ether oxygens (including phenoxy) is 2. The molecule has 0 heterocycles. The Bertz CT molecular complexity index is 1310. The molecule has 2 unspecified atom stereocenters. The van der Waals surface area contributed by atoms with Crippen LogP contribution in [-0.4, -0.2) is 70.0 Å². The number of phosphoric acid groups is 1. The molecule has 0 saturated heterocycles. The van der Waals surface area contributed by atoms with Gasteiger partial charge in [-0.05, 0) is 57.8 Å². The molecule has 0 aliphatic carbocycles. The lowest BCUT2D eigenvalue weighted by molar-refractivity contribution is -0.870. The Balaban J connectivity index is 4.72. The van der Waals surface area contributed by atoms with Crippen molar-refractivity contribution in [3.8, 4) is 0 Å². The van der Waals surface area contributed by atoms with E-state index < -0.39 is 32.5 Å². The van der Waals surface area contributed by atoms with Crippen molar-refractivity contribution >= 4 is 19.8 Å². The van der Waals surface area contributed by atoms with Gasteiger partial charge in [-0.25, -0.2) is 0 Å². The van der Waals surface area contributed by atoms with Gasteiger partial charge >= 0.3 is 11.9 Å². The highest BCUT2D eigenvalue weighted by Gasteiger charge is 2.21. The summed E-state index contributed by atoms with van der Waals surface area (Å²) in [5.74, 6) is -1.04. The van der Waals surface area contributed by atoms with E-state index in [1.807, 2.05) is 88.0 Å². The van der Waals surface area contributed by atoms with Crippen LogP contribution < -0.4 is 4.89 Å². The molecule has 10 heteroatoms. The first kappa shape index (κ1) is 49.4. The molecule has 53 heavy (non-hydrogen) atoms. The van der Waals surface area contributed by atoms with E-state index in [4.69, 9.17) is 18.5 Å². The van der Waals surface area contributed by atoms with Crippen molar-refractivity contribution in [3.05, 3.63) is 122 Å². The zero-order valence-corrected chi connectivity index (χ0v) is 33.8. The Hall–Kier alpha value is -3.59. The Kier molecular flexibility index (Phi) is 31.9. The maximum absolute atomic E-state index is 12.6. The van der Waals surface area contributed by atoms with Crippen LogP contribution in [0.3, 0.4) is 0 Å². The van der Waals surface area contributed by atoms with Crippen LogP contribution in [0.25, 0.3) is 0 Å². The molecule has 0 fully saturated rings. The Labute approximate surface area is 320 Å². The fourth-order valence-electron chi connectivity index (χ4n) is 3.97. The number of quaternary nitrogens is 1. The van der Waals surface area contributed by atoms with Crippen molar-refractivity contribution in [3.63, 3.8) is 0 Å². The second-order valence-electron chi connectivity index (χ2n) is 12.9. The Morgan fingerprint density at radius 3 is 1.66 bits per heavy atom. The summed E-state index contributed by atoms with van der Waals surface area (Å²) in [6.07, 6.45) is 46.9. The third kappa shape index (κ3) is 38.0. The summed E-state index contributed by atoms with van der Waals surface area (Å²) in [5.41, 5.74) is 0. The second-order valence-corrected chi connectivity index (χ2v) is 14.4. The van der Waals surface area contributed by atoms with Gasteiger partial charge in [-0.1, -0.05) is 135 Å². The predicted octanol–water partition coefficient (Wildman–Crippen LogP) is 9.54. The molecule has 2 atom stereocenters. The van der Waals surface area contributed by atoms with Crippen LogP contribution in [0.5, 0.6) is 0 Å². The molecule has 296 valence electrons. The van der Waals surface area contributed by atoms with E-state index in [0.29, 0.717) is 30.3 Å². The van der Waals surface area contributed by atoms with Crippen LogP contribution in [0.2, 0.25) is 0 Å². The maximum Gasteiger partial charge on any atom is 0.306 e. The van der Waals surface area contributed by atoms with Gasteiger partial charge in [0.15, 0.2) is 6.10 Å². The summed E-state index contributed by atoms with van der Waals surface area (Å²) in [6.45, 7) is 3.73. The first-order valence-corrected chi connectivity index (χ1v) is 20.3. The summed E-state index contributed by atoms with van der Waals surface area (Å²) in [4.78, 5) is 37.3. The molecule has 0 spiro atoms. The number of hydrogen-bond acceptors (Lipinski definition) is 8. The maximum atomic E-state index is 12.6. The van der Waals surface area contributed by atoms with E-state index in [0.717, 1.165) is 38.5 Å². The van der Waals surface area contributed by atoms with Crippen LogP contribution >= 0.6 is 7.82 Å². The summed E-state index contributed by atoms with van der Waals surface area (Å²) >= 11 is 0. The number of phosphoric ester groups is 1. The van der Waals surface area contributed by atoms with Crippen LogP contribution in [0.15, 0.2) is 122 Å². The van der Waals surface area contributed by atoms with Gasteiger partial charge in [0.05, 0.1) is 27.7 Å². The highest BCUT2D eigenvalue weighted by molar-refractivity contribution is 7.45. The summed E-state index contributed by atoms with van der Waals surface area (Å²) in [6, 6.07) is 0. The molecule has 0 rings (SSSR count). The van der Waals surface area contributed by atoms with E-state index in [1.54, 1.807) is 0 Å². The van der Waals surface area contributed by atoms with E-state index in [9.17, 15) is 19.0 Å². The molecule has 0 aliphatic heterocycles. The molecule has 0 aromatic heterocycles. The van der Waals surface area contributed by atoms with Crippen molar-refractivity contribution in [1.82, 2.24) is 0 Å². The first-order valence-electron chi connectivity index (χ1n) is 18.8. The van der Waals surface area contributed by atoms with Gasteiger partial charge in [-0.3, -0.25) is 14.2 Å². The van der Waals surface area contributed by atoms with Crippen molar-refractivity contribution < 1.29 is 42.1 Å². The van der Waals surface area contributed by atoms with Crippen molar-refractivity contribution in [1.29, 1.82) is 0 Å². The zero-order chi connectivity index (χ0) is 39.3. The fourth-order valence-corrected chi connectivity index (χ4v) is 4.69. The molecule has 0 radical (unpaired) electrons. The minimum Gasteiger partial charge on any atom is -0.756 e. The van der Waals surface area contributed by atoms with Crippen molar-refractivity contribution in [2.45, 2.75) is 90.6 Å². The Morgan fingerprint density at radius 1 is 0.604 bits per heavy atom. The number of carbonyl (C=O) groups excluding carboxylic acids is 2. The largest absolute Gasteiger partial charge is 0.756 e. The number of carbonyl (C=O) groups is 2. The van der Waals surface area contributed by atoms with E-state index in [1.165, 1.54) is 0 Å². The lowest BCUT2D eigenvalue weighted by Crippen LogP contribution is -2.37. The number of esters is 2. The number of rotatable bonds is 31. The highest BCUT2D eigenvalue weighted by Crippen LogP contribution is 2.38. The minimum atomic E-state index is -4.66. The average Bonchev–Trinajstić information content (AvgIpc) is 3.10. The normalized spacial score (nSPS) is 15.1. The monoisotopic (exact) mass is 755 g/mol.